The molecule has 2 aromatic carbocycles. The van der Waals surface area contributed by atoms with E-state index in [-0.39, 0.29) is 10.8 Å². The summed E-state index contributed by atoms with van der Waals surface area (Å²) in [4.78, 5) is 16.7. The lowest BCUT2D eigenvalue weighted by Crippen LogP contribution is -2.22. The van der Waals surface area contributed by atoms with Crippen molar-refractivity contribution in [3.63, 3.8) is 0 Å². The third-order valence-corrected chi connectivity index (χ3v) is 6.30. The fourth-order valence-electron chi connectivity index (χ4n) is 2.32. The van der Waals surface area contributed by atoms with Crippen LogP contribution in [0, 0.1) is 0 Å². The van der Waals surface area contributed by atoms with Gasteiger partial charge in [-0.15, -0.1) is 11.3 Å². The molecule has 3 aromatic rings. The molecule has 1 N–H and O–H groups in total. The van der Waals surface area contributed by atoms with E-state index < -0.39 is 10.0 Å². The Morgan fingerprint density at radius 2 is 1.93 bits per heavy atom. The summed E-state index contributed by atoms with van der Waals surface area (Å²) in [5.41, 5.74) is 3.42. The molecule has 0 bridgehead atoms. The standard InChI is InChI=1S/C19H19N3O4S2/c1-22(2)28(24,25)18-5-3-4-15(10-18)21-19(23)14-6-8-17(9-7-14)26-11-16-12-27-13-20-16/h3-10,12-13H,11H2,1-2H3,(H,21,23). The number of carbonyl (C=O) groups excluding carboxylic acids is 1. The van der Waals surface area contributed by atoms with E-state index in [4.69, 9.17) is 4.74 Å². The zero-order valence-corrected chi connectivity index (χ0v) is 17.0. The van der Waals surface area contributed by atoms with Crippen molar-refractivity contribution in [3.8, 4) is 5.75 Å². The highest BCUT2D eigenvalue weighted by Gasteiger charge is 2.17. The average molecular weight is 418 g/mol. The Bertz CT molecular complexity index is 1050. The summed E-state index contributed by atoms with van der Waals surface area (Å²) < 4.78 is 31.2. The molecule has 0 aliphatic rings. The number of carbonyl (C=O) groups is 1. The van der Waals surface area contributed by atoms with Crippen LogP contribution in [0.15, 0.2) is 64.3 Å². The van der Waals surface area contributed by atoms with E-state index in [1.165, 1.54) is 37.6 Å². The van der Waals surface area contributed by atoms with Crippen molar-refractivity contribution in [2.45, 2.75) is 11.5 Å². The molecule has 0 aliphatic carbocycles. The van der Waals surface area contributed by atoms with Crippen LogP contribution in [-0.4, -0.2) is 37.7 Å². The second-order valence-corrected chi connectivity index (χ2v) is 8.93. The van der Waals surface area contributed by atoms with Gasteiger partial charge >= 0.3 is 0 Å². The average Bonchev–Trinajstić information content (AvgIpc) is 3.20. The second-order valence-electron chi connectivity index (χ2n) is 6.06. The summed E-state index contributed by atoms with van der Waals surface area (Å²) >= 11 is 1.50. The molecule has 0 unspecified atom stereocenters. The van der Waals surface area contributed by atoms with Gasteiger partial charge in [0.2, 0.25) is 10.0 Å². The van der Waals surface area contributed by atoms with Crippen LogP contribution < -0.4 is 10.1 Å². The maximum Gasteiger partial charge on any atom is 0.255 e. The first-order valence-electron chi connectivity index (χ1n) is 8.30. The SMILES string of the molecule is CN(C)S(=O)(=O)c1cccc(NC(=O)c2ccc(OCc3cscn3)cc2)c1. The molecule has 0 radical (unpaired) electrons. The van der Waals surface area contributed by atoms with Gasteiger partial charge in [-0.2, -0.15) is 0 Å². The number of thiazole rings is 1. The van der Waals surface area contributed by atoms with Crippen molar-refractivity contribution in [3.05, 3.63) is 70.7 Å². The Balaban J connectivity index is 1.66. The van der Waals surface area contributed by atoms with Crippen molar-refractivity contribution in [1.29, 1.82) is 0 Å². The number of hydrogen-bond acceptors (Lipinski definition) is 6. The van der Waals surface area contributed by atoms with Crippen molar-refractivity contribution >= 4 is 33.0 Å². The lowest BCUT2D eigenvalue weighted by atomic mass is 10.2. The minimum atomic E-state index is -3.57. The van der Waals surface area contributed by atoms with E-state index in [0.29, 0.717) is 23.6 Å². The number of anilines is 1. The molecular formula is C19H19N3O4S2. The van der Waals surface area contributed by atoms with E-state index in [1.54, 1.807) is 41.9 Å². The minimum absolute atomic E-state index is 0.112. The highest BCUT2D eigenvalue weighted by molar-refractivity contribution is 7.89. The van der Waals surface area contributed by atoms with Crippen LogP contribution in [0.3, 0.4) is 0 Å². The largest absolute Gasteiger partial charge is 0.487 e. The number of hydrogen-bond donors (Lipinski definition) is 1. The Labute approximate surface area is 167 Å². The molecule has 0 saturated carbocycles. The second kappa shape index (κ2) is 8.51. The molecule has 7 nitrogen and oxygen atoms in total. The van der Waals surface area contributed by atoms with Crippen LogP contribution in [-0.2, 0) is 16.6 Å². The first-order valence-corrected chi connectivity index (χ1v) is 10.7. The number of nitrogens with one attached hydrogen (secondary N) is 1. The molecule has 3 rings (SSSR count). The van der Waals surface area contributed by atoms with Crippen LogP contribution in [0.2, 0.25) is 0 Å². The molecule has 0 spiro atoms. The number of rotatable bonds is 7. The fraction of sp³-hybridized carbons (Fsp3) is 0.158. The normalized spacial score (nSPS) is 11.4. The zero-order chi connectivity index (χ0) is 20.1. The van der Waals surface area contributed by atoms with Gasteiger partial charge in [-0.05, 0) is 42.5 Å². The van der Waals surface area contributed by atoms with Gasteiger partial charge in [-0.1, -0.05) is 6.07 Å². The summed E-state index contributed by atoms with van der Waals surface area (Å²) in [6, 6.07) is 12.8. The molecule has 146 valence electrons. The van der Waals surface area contributed by atoms with Crippen molar-refractivity contribution < 1.29 is 17.9 Å². The first-order chi connectivity index (χ1) is 13.4. The van der Waals surface area contributed by atoms with E-state index in [1.807, 2.05) is 5.38 Å². The van der Waals surface area contributed by atoms with E-state index in [0.717, 1.165) is 10.00 Å². The predicted molar refractivity (Wildman–Crippen MR) is 108 cm³/mol. The topological polar surface area (TPSA) is 88.6 Å². The van der Waals surface area contributed by atoms with E-state index >= 15 is 0 Å². The highest BCUT2D eigenvalue weighted by Crippen LogP contribution is 2.19. The van der Waals surface area contributed by atoms with Crippen LogP contribution in [0.25, 0.3) is 0 Å². The molecule has 1 heterocycles. The van der Waals surface area contributed by atoms with Gasteiger partial charge in [0.15, 0.2) is 0 Å². The molecule has 0 saturated heterocycles. The molecule has 28 heavy (non-hydrogen) atoms. The number of benzene rings is 2. The van der Waals surface area contributed by atoms with Crippen molar-refractivity contribution in [2.24, 2.45) is 0 Å². The summed E-state index contributed by atoms with van der Waals surface area (Å²) in [5.74, 6) is 0.286. The quantitative estimate of drug-likeness (QED) is 0.638. The van der Waals surface area contributed by atoms with Gasteiger partial charge < -0.3 is 10.1 Å². The Morgan fingerprint density at radius 1 is 1.18 bits per heavy atom. The third-order valence-electron chi connectivity index (χ3n) is 3.86. The highest BCUT2D eigenvalue weighted by atomic mass is 32.2. The molecular weight excluding hydrogens is 398 g/mol. The number of amides is 1. The van der Waals surface area contributed by atoms with Crippen LogP contribution >= 0.6 is 11.3 Å². The van der Waals surface area contributed by atoms with Crippen molar-refractivity contribution in [2.75, 3.05) is 19.4 Å². The van der Waals surface area contributed by atoms with Crippen molar-refractivity contribution in [1.82, 2.24) is 9.29 Å². The zero-order valence-electron chi connectivity index (χ0n) is 15.3. The smallest absolute Gasteiger partial charge is 0.255 e. The van der Waals surface area contributed by atoms with Gasteiger partial charge in [-0.3, -0.25) is 4.79 Å². The van der Waals surface area contributed by atoms with Gasteiger partial charge in [0.25, 0.3) is 5.91 Å². The monoisotopic (exact) mass is 417 g/mol. The van der Waals surface area contributed by atoms with Gasteiger partial charge in [0.1, 0.15) is 12.4 Å². The van der Waals surface area contributed by atoms with E-state index in [9.17, 15) is 13.2 Å². The van der Waals surface area contributed by atoms with E-state index in [2.05, 4.69) is 10.3 Å². The lowest BCUT2D eigenvalue weighted by molar-refractivity contribution is 0.102. The molecule has 9 heteroatoms. The number of ether oxygens (including phenoxy) is 1. The Kier molecular flexibility index (Phi) is 6.08. The number of sulfonamides is 1. The van der Waals surface area contributed by atoms with Crippen LogP contribution in [0.1, 0.15) is 16.1 Å². The molecule has 0 fully saturated rings. The fourth-order valence-corrected chi connectivity index (χ4v) is 3.81. The number of aromatic nitrogens is 1. The Morgan fingerprint density at radius 3 is 2.57 bits per heavy atom. The Hall–Kier alpha value is -2.75. The van der Waals surface area contributed by atoms with Crippen LogP contribution in [0.4, 0.5) is 5.69 Å². The maximum atomic E-state index is 12.4. The molecule has 1 amide bonds. The van der Waals surface area contributed by atoms with Gasteiger partial charge in [0, 0.05) is 30.7 Å². The van der Waals surface area contributed by atoms with Crippen LogP contribution in [0.5, 0.6) is 5.75 Å². The molecule has 0 aliphatic heterocycles. The summed E-state index contributed by atoms with van der Waals surface area (Å²) in [5, 5.41) is 4.62. The summed E-state index contributed by atoms with van der Waals surface area (Å²) in [6.07, 6.45) is 0. The predicted octanol–water partition coefficient (Wildman–Crippen LogP) is 3.22. The first kappa shape index (κ1) is 20.0. The maximum absolute atomic E-state index is 12.4. The molecule has 0 atom stereocenters. The number of nitrogens with zero attached hydrogens (tertiary/aromatic N) is 2. The lowest BCUT2D eigenvalue weighted by Gasteiger charge is -2.13. The summed E-state index contributed by atoms with van der Waals surface area (Å²) in [7, 11) is -0.655. The minimum Gasteiger partial charge on any atom is -0.487 e. The third kappa shape index (κ3) is 4.75. The van der Waals surface area contributed by atoms with Gasteiger partial charge in [0.05, 0.1) is 16.1 Å². The van der Waals surface area contributed by atoms with Gasteiger partial charge in [-0.25, -0.2) is 17.7 Å². The molecule has 1 aromatic heterocycles. The summed E-state index contributed by atoms with van der Waals surface area (Å²) in [6.45, 7) is 0.363.